The first-order valence-corrected chi connectivity index (χ1v) is 9.58. The van der Waals surface area contributed by atoms with E-state index in [1.54, 1.807) is 24.3 Å². The van der Waals surface area contributed by atoms with Crippen LogP contribution in [0.3, 0.4) is 0 Å². The monoisotopic (exact) mass is 365 g/mol. The summed E-state index contributed by atoms with van der Waals surface area (Å²) in [4.78, 5) is 27.2. The zero-order valence-corrected chi connectivity index (χ0v) is 15.7. The van der Waals surface area contributed by atoms with Crippen molar-refractivity contribution in [1.82, 2.24) is 10.2 Å². The number of carbonyl (C=O) groups is 2. The summed E-state index contributed by atoms with van der Waals surface area (Å²) in [7, 11) is 0. The lowest BCUT2D eigenvalue weighted by atomic mass is 9.93. The Kier molecular flexibility index (Phi) is 6.12. The van der Waals surface area contributed by atoms with Gasteiger partial charge in [0.15, 0.2) is 0 Å². The average molecular weight is 365 g/mol. The molecule has 1 heterocycles. The number of nitrogens with zero attached hydrogens (tertiary/aromatic N) is 1. The Bertz CT molecular complexity index is 766. The SMILES string of the molecule is CC[C@H](C(=O)N1CCC(NC(=O)c2ccc(N)cc2)CC1)c1ccccc1. The van der Waals surface area contributed by atoms with Crippen molar-refractivity contribution in [3.8, 4) is 0 Å². The molecule has 1 saturated heterocycles. The van der Waals surface area contributed by atoms with Crippen molar-refractivity contribution in [2.24, 2.45) is 0 Å². The number of benzene rings is 2. The molecule has 3 N–H and O–H groups in total. The van der Waals surface area contributed by atoms with Gasteiger partial charge in [0.05, 0.1) is 5.92 Å². The van der Waals surface area contributed by atoms with Gasteiger partial charge in [-0.25, -0.2) is 0 Å². The van der Waals surface area contributed by atoms with Crippen LogP contribution in [-0.2, 0) is 4.79 Å². The smallest absolute Gasteiger partial charge is 0.251 e. The van der Waals surface area contributed by atoms with E-state index >= 15 is 0 Å². The molecule has 1 aliphatic heterocycles. The third-order valence-corrected chi connectivity index (χ3v) is 5.22. The van der Waals surface area contributed by atoms with Crippen LogP contribution in [0.1, 0.15) is 48.0 Å². The number of carbonyl (C=O) groups excluding carboxylic acids is 2. The lowest BCUT2D eigenvalue weighted by molar-refractivity contribution is -0.134. The highest BCUT2D eigenvalue weighted by atomic mass is 16.2. The Morgan fingerprint density at radius 1 is 1.07 bits per heavy atom. The van der Waals surface area contributed by atoms with Gasteiger partial charge in [0.25, 0.3) is 5.91 Å². The van der Waals surface area contributed by atoms with E-state index in [1.807, 2.05) is 35.2 Å². The van der Waals surface area contributed by atoms with Crippen LogP contribution < -0.4 is 11.1 Å². The highest BCUT2D eigenvalue weighted by Gasteiger charge is 2.28. The van der Waals surface area contributed by atoms with E-state index in [2.05, 4.69) is 12.2 Å². The van der Waals surface area contributed by atoms with Crippen molar-refractivity contribution >= 4 is 17.5 Å². The van der Waals surface area contributed by atoms with Crippen LogP contribution in [0.4, 0.5) is 5.69 Å². The Morgan fingerprint density at radius 2 is 1.70 bits per heavy atom. The van der Waals surface area contributed by atoms with E-state index in [9.17, 15) is 9.59 Å². The molecule has 0 radical (unpaired) electrons. The quantitative estimate of drug-likeness (QED) is 0.799. The fourth-order valence-corrected chi connectivity index (χ4v) is 3.61. The number of rotatable bonds is 5. The van der Waals surface area contributed by atoms with Crippen molar-refractivity contribution in [2.45, 2.75) is 38.1 Å². The van der Waals surface area contributed by atoms with Gasteiger partial charge in [0, 0.05) is 30.4 Å². The van der Waals surface area contributed by atoms with Crippen molar-refractivity contribution in [3.05, 3.63) is 65.7 Å². The Morgan fingerprint density at radius 3 is 2.30 bits per heavy atom. The van der Waals surface area contributed by atoms with E-state index in [0.29, 0.717) is 24.3 Å². The van der Waals surface area contributed by atoms with Crippen LogP contribution in [0.25, 0.3) is 0 Å². The van der Waals surface area contributed by atoms with Gasteiger partial charge >= 0.3 is 0 Å². The number of anilines is 1. The molecule has 2 amide bonds. The molecule has 0 spiro atoms. The third-order valence-electron chi connectivity index (χ3n) is 5.22. The molecular weight excluding hydrogens is 338 g/mol. The summed E-state index contributed by atoms with van der Waals surface area (Å²) in [5.41, 5.74) is 7.99. The molecule has 1 atom stereocenters. The topological polar surface area (TPSA) is 75.4 Å². The van der Waals surface area contributed by atoms with Gasteiger partial charge in [-0.05, 0) is 49.1 Å². The lowest BCUT2D eigenvalue weighted by Crippen LogP contribution is -2.47. The normalized spacial score (nSPS) is 16.0. The van der Waals surface area contributed by atoms with Crippen LogP contribution in [0.2, 0.25) is 0 Å². The molecule has 3 rings (SSSR count). The van der Waals surface area contributed by atoms with E-state index in [1.165, 1.54) is 0 Å². The molecule has 27 heavy (non-hydrogen) atoms. The number of nitrogen functional groups attached to an aromatic ring is 1. The molecule has 0 aliphatic carbocycles. The van der Waals surface area contributed by atoms with Crippen molar-refractivity contribution in [1.29, 1.82) is 0 Å². The summed E-state index contributed by atoms with van der Waals surface area (Å²) in [5, 5.41) is 3.07. The van der Waals surface area contributed by atoms with Gasteiger partial charge in [-0.15, -0.1) is 0 Å². The maximum absolute atomic E-state index is 12.9. The predicted molar refractivity (Wildman–Crippen MR) is 107 cm³/mol. The molecule has 0 unspecified atom stereocenters. The number of hydrogen-bond acceptors (Lipinski definition) is 3. The number of nitrogens with one attached hydrogen (secondary N) is 1. The van der Waals surface area contributed by atoms with Gasteiger partial charge < -0.3 is 16.0 Å². The van der Waals surface area contributed by atoms with Crippen LogP contribution in [0.15, 0.2) is 54.6 Å². The summed E-state index contributed by atoms with van der Waals surface area (Å²) in [6, 6.07) is 17.0. The molecule has 1 fully saturated rings. The van der Waals surface area contributed by atoms with Crippen molar-refractivity contribution < 1.29 is 9.59 Å². The van der Waals surface area contributed by atoms with Crippen molar-refractivity contribution in [3.63, 3.8) is 0 Å². The molecule has 0 saturated carbocycles. The second-order valence-electron chi connectivity index (χ2n) is 7.07. The molecule has 0 aromatic heterocycles. The maximum Gasteiger partial charge on any atom is 0.251 e. The molecule has 142 valence electrons. The summed E-state index contributed by atoms with van der Waals surface area (Å²) >= 11 is 0. The summed E-state index contributed by atoms with van der Waals surface area (Å²) in [6.45, 7) is 3.40. The minimum absolute atomic E-state index is 0.0875. The first-order valence-electron chi connectivity index (χ1n) is 9.58. The molecular formula is C22H27N3O2. The van der Waals surface area contributed by atoms with Gasteiger partial charge in [-0.2, -0.15) is 0 Å². The standard InChI is InChI=1S/C22H27N3O2/c1-2-20(16-6-4-3-5-7-16)22(27)25-14-12-19(13-15-25)24-21(26)17-8-10-18(23)11-9-17/h3-11,19-20H,2,12-15,23H2,1H3,(H,24,26)/t20-/m0/s1. The van der Waals surface area contributed by atoms with Gasteiger partial charge in [-0.1, -0.05) is 37.3 Å². The molecule has 2 aromatic rings. The van der Waals surface area contributed by atoms with Gasteiger partial charge in [0.2, 0.25) is 5.91 Å². The minimum atomic E-state index is -0.0906. The zero-order valence-electron chi connectivity index (χ0n) is 15.7. The number of amides is 2. The summed E-state index contributed by atoms with van der Waals surface area (Å²) < 4.78 is 0. The Labute approximate surface area is 160 Å². The molecule has 5 nitrogen and oxygen atoms in total. The largest absolute Gasteiger partial charge is 0.399 e. The molecule has 2 aromatic carbocycles. The highest BCUT2D eigenvalue weighted by Crippen LogP contribution is 2.24. The zero-order chi connectivity index (χ0) is 19.2. The first kappa shape index (κ1) is 19.0. The van der Waals surface area contributed by atoms with Gasteiger partial charge in [-0.3, -0.25) is 9.59 Å². The second kappa shape index (κ2) is 8.71. The van der Waals surface area contributed by atoms with Crippen molar-refractivity contribution in [2.75, 3.05) is 18.8 Å². The minimum Gasteiger partial charge on any atom is -0.399 e. The van der Waals surface area contributed by atoms with Crippen LogP contribution in [0.5, 0.6) is 0 Å². The lowest BCUT2D eigenvalue weighted by Gasteiger charge is -2.34. The average Bonchev–Trinajstić information content (AvgIpc) is 2.70. The fraction of sp³-hybridized carbons (Fsp3) is 0.364. The molecule has 5 heteroatoms. The van der Waals surface area contributed by atoms with Gasteiger partial charge in [0.1, 0.15) is 0 Å². The second-order valence-corrected chi connectivity index (χ2v) is 7.07. The number of nitrogens with two attached hydrogens (primary N) is 1. The first-order chi connectivity index (χ1) is 13.1. The Balaban J connectivity index is 1.54. The number of hydrogen-bond donors (Lipinski definition) is 2. The van der Waals surface area contributed by atoms with Crippen LogP contribution in [0, 0.1) is 0 Å². The molecule has 1 aliphatic rings. The van der Waals surface area contributed by atoms with E-state index in [4.69, 9.17) is 5.73 Å². The number of piperidine rings is 1. The summed E-state index contributed by atoms with van der Waals surface area (Å²) in [6.07, 6.45) is 2.34. The maximum atomic E-state index is 12.9. The summed E-state index contributed by atoms with van der Waals surface area (Å²) in [5.74, 6) is 0.00891. The highest BCUT2D eigenvalue weighted by molar-refractivity contribution is 5.94. The van der Waals surface area contributed by atoms with E-state index in [-0.39, 0.29) is 23.8 Å². The number of likely N-dealkylation sites (tertiary alicyclic amines) is 1. The van der Waals surface area contributed by atoms with E-state index in [0.717, 1.165) is 24.8 Å². The third kappa shape index (κ3) is 4.67. The van der Waals surface area contributed by atoms with Crippen LogP contribution in [-0.4, -0.2) is 35.8 Å². The Hall–Kier alpha value is -2.82. The predicted octanol–water partition coefficient (Wildman–Crippen LogP) is 3.18. The van der Waals surface area contributed by atoms with Crippen LogP contribution >= 0.6 is 0 Å². The van der Waals surface area contributed by atoms with E-state index < -0.39 is 0 Å². The fourth-order valence-electron chi connectivity index (χ4n) is 3.61. The molecule has 0 bridgehead atoms.